The standard InChI is InChI=1S/C13H21NO4/c1-3-13(2,18)8-14-11(15)9-6-4-5-7-10(9)12(16)17/h4-5,9-10,18H,3,6-8H2,1-2H3,(H,14,15)(H,16,17). The van der Waals surface area contributed by atoms with Crippen LogP contribution in [-0.4, -0.2) is 34.2 Å². The summed E-state index contributed by atoms with van der Waals surface area (Å²) in [7, 11) is 0. The van der Waals surface area contributed by atoms with Gasteiger partial charge in [0.25, 0.3) is 0 Å². The maximum Gasteiger partial charge on any atom is 0.307 e. The number of carbonyl (C=O) groups excluding carboxylic acids is 1. The highest BCUT2D eigenvalue weighted by Crippen LogP contribution is 2.26. The summed E-state index contributed by atoms with van der Waals surface area (Å²) >= 11 is 0. The number of aliphatic hydroxyl groups is 1. The second-order valence-corrected chi connectivity index (χ2v) is 5.06. The summed E-state index contributed by atoms with van der Waals surface area (Å²) < 4.78 is 0. The van der Waals surface area contributed by atoms with Gasteiger partial charge in [-0.3, -0.25) is 9.59 Å². The fourth-order valence-electron chi connectivity index (χ4n) is 1.91. The number of carbonyl (C=O) groups is 2. The Labute approximate surface area is 107 Å². The lowest BCUT2D eigenvalue weighted by atomic mass is 9.82. The van der Waals surface area contributed by atoms with Crippen LogP contribution in [0, 0.1) is 11.8 Å². The van der Waals surface area contributed by atoms with Gasteiger partial charge in [0.2, 0.25) is 5.91 Å². The first-order valence-electron chi connectivity index (χ1n) is 6.25. The maximum absolute atomic E-state index is 12.0. The van der Waals surface area contributed by atoms with Crippen molar-refractivity contribution in [3.63, 3.8) is 0 Å². The molecule has 5 heteroatoms. The zero-order chi connectivity index (χ0) is 13.8. The molecule has 0 aromatic heterocycles. The lowest BCUT2D eigenvalue weighted by Crippen LogP contribution is -2.45. The van der Waals surface area contributed by atoms with E-state index in [0.717, 1.165) is 0 Å². The van der Waals surface area contributed by atoms with Crippen LogP contribution in [0.15, 0.2) is 12.2 Å². The topological polar surface area (TPSA) is 86.6 Å². The van der Waals surface area contributed by atoms with Crippen molar-refractivity contribution < 1.29 is 19.8 Å². The van der Waals surface area contributed by atoms with Crippen molar-refractivity contribution in [2.45, 2.75) is 38.7 Å². The molecule has 1 aliphatic rings. The van der Waals surface area contributed by atoms with Gasteiger partial charge in [0.05, 0.1) is 17.4 Å². The van der Waals surface area contributed by atoms with E-state index in [1.165, 1.54) is 0 Å². The Kier molecular flexibility index (Phi) is 4.90. The molecule has 0 bridgehead atoms. The first kappa shape index (κ1) is 14.7. The molecule has 0 aromatic rings. The molecule has 0 radical (unpaired) electrons. The van der Waals surface area contributed by atoms with E-state index in [2.05, 4.69) is 5.32 Å². The third-order valence-electron chi connectivity index (χ3n) is 3.49. The molecule has 1 rings (SSSR count). The van der Waals surface area contributed by atoms with Crippen LogP contribution in [0.25, 0.3) is 0 Å². The molecule has 102 valence electrons. The Morgan fingerprint density at radius 1 is 1.33 bits per heavy atom. The van der Waals surface area contributed by atoms with Crippen molar-refractivity contribution in [2.75, 3.05) is 6.54 Å². The second kappa shape index (κ2) is 6.00. The predicted octanol–water partition coefficient (Wildman–Crippen LogP) is 0.931. The molecule has 0 spiro atoms. The number of allylic oxidation sites excluding steroid dienone is 2. The van der Waals surface area contributed by atoms with Gasteiger partial charge >= 0.3 is 5.97 Å². The Bertz CT molecular complexity index is 349. The Hall–Kier alpha value is -1.36. The van der Waals surface area contributed by atoms with Crippen LogP contribution in [0.3, 0.4) is 0 Å². The minimum Gasteiger partial charge on any atom is -0.481 e. The van der Waals surface area contributed by atoms with Gasteiger partial charge in [0, 0.05) is 6.54 Å². The monoisotopic (exact) mass is 255 g/mol. The molecule has 3 N–H and O–H groups in total. The van der Waals surface area contributed by atoms with Gasteiger partial charge in [-0.15, -0.1) is 0 Å². The van der Waals surface area contributed by atoms with E-state index in [1.54, 1.807) is 13.0 Å². The molecule has 0 saturated carbocycles. The average Bonchev–Trinajstić information content (AvgIpc) is 2.36. The lowest BCUT2D eigenvalue weighted by Gasteiger charge is -2.27. The van der Waals surface area contributed by atoms with Crippen molar-refractivity contribution in [1.82, 2.24) is 5.32 Å². The van der Waals surface area contributed by atoms with Gasteiger partial charge in [0.15, 0.2) is 0 Å². The second-order valence-electron chi connectivity index (χ2n) is 5.06. The molecule has 3 atom stereocenters. The van der Waals surface area contributed by atoms with Crippen LogP contribution in [-0.2, 0) is 9.59 Å². The van der Waals surface area contributed by atoms with Crippen LogP contribution in [0.1, 0.15) is 33.1 Å². The highest BCUT2D eigenvalue weighted by Gasteiger charge is 2.34. The number of aliphatic carboxylic acids is 1. The number of carboxylic acid groups (broad SMARTS) is 1. The Balaban J connectivity index is 2.60. The van der Waals surface area contributed by atoms with E-state index in [-0.39, 0.29) is 12.5 Å². The summed E-state index contributed by atoms with van der Waals surface area (Å²) in [6.45, 7) is 3.62. The third kappa shape index (κ3) is 3.84. The molecule has 0 heterocycles. The van der Waals surface area contributed by atoms with Crippen LogP contribution in [0.4, 0.5) is 0 Å². The summed E-state index contributed by atoms with van der Waals surface area (Å²) in [5, 5.41) is 21.5. The van der Waals surface area contributed by atoms with Gasteiger partial charge in [-0.2, -0.15) is 0 Å². The largest absolute Gasteiger partial charge is 0.481 e. The SMILES string of the molecule is CCC(C)(O)CNC(=O)C1CC=CCC1C(=O)O. The number of hydrogen-bond acceptors (Lipinski definition) is 3. The van der Waals surface area contributed by atoms with Crippen molar-refractivity contribution in [1.29, 1.82) is 0 Å². The molecule has 1 amide bonds. The molecular weight excluding hydrogens is 234 g/mol. The number of hydrogen-bond donors (Lipinski definition) is 3. The normalized spacial score (nSPS) is 26.4. The summed E-state index contributed by atoms with van der Waals surface area (Å²) in [5.74, 6) is -2.44. The first-order chi connectivity index (χ1) is 8.37. The average molecular weight is 255 g/mol. The summed E-state index contributed by atoms with van der Waals surface area (Å²) in [6, 6.07) is 0. The molecule has 5 nitrogen and oxygen atoms in total. The molecule has 18 heavy (non-hydrogen) atoms. The van der Waals surface area contributed by atoms with Gasteiger partial charge in [0.1, 0.15) is 0 Å². The number of carboxylic acids is 1. The van der Waals surface area contributed by atoms with E-state index in [4.69, 9.17) is 5.11 Å². The van der Waals surface area contributed by atoms with Crippen LogP contribution >= 0.6 is 0 Å². The number of nitrogens with one attached hydrogen (secondary N) is 1. The summed E-state index contributed by atoms with van der Waals surface area (Å²) in [5.41, 5.74) is -0.946. The third-order valence-corrected chi connectivity index (χ3v) is 3.49. The van der Waals surface area contributed by atoms with Crippen LogP contribution < -0.4 is 5.32 Å². The highest BCUT2D eigenvalue weighted by molar-refractivity contribution is 5.85. The van der Waals surface area contributed by atoms with Crippen molar-refractivity contribution in [3.05, 3.63) is 12.2 Å². The van der Waals surface area contributed by atoms with E-state index >= 15 is 0 Å². The fourth-order valence-corrected chi connectivity index (χ4v) is 1.91. The van der Waals surface area contributed by atoms with Gasteiger partial charge in [-0.25, -0.2) is 0 Å². The summed E-state index contributed by atoms with van der Waals surface area (Å²) in [4.78, 5) is 23.0. The molecule has 1 aliphatic carbocycles. The fraction of sp³-hybridized carbons (Fsp3) is 0.692. The van der Waals surface area contributed by atoms with Crippen LogP contribution in [0.5, 0.6) is 0 Å². The lowest BCUT2D eigenvalue weighted by molar-refractivity contribution is -0.147. The van der Waals surface area contributed by atoms with E-state index in [0.29, 0.717) is 19.3 Å². The van der Waals surface area contributed by atoms with Crippen LogP contribution in [0.2, 0.25) is 0 Å². The molecule has 0 fully saturated rings. The van der Waals surface area contributed by atoms with Crippen molar-refractivity contribution >= 4 is 11.9 Å². The quantitative estimate of drug-likeness (QED) is 0.638. The Morgan fingerprint density at radius 2 is 1.89 bits per heavy atom. The van der Waals surface area contributed by atoms with E-state index < -0.39 is 23.4 Å². The predicted molar refractivity (Wildman–Crippen MR) is 66.9 cm³/mol. The molecule has 0 aromatic carbocycles. The molecule has 0 aliphatic heterocycles. The minimum atomic E-state index is -0.946. The van der Waals surface area contributed by atoms with Crippen molar-refractivity contribution in [3.8, 4) is 0 Å². The molecule has 0 saturated heterocycles. The summed E-state index contributed by atoms with van der Waals surface area (Å²) in [6.07, 6.45) is 4.99. The van der Waals surface area contributed by atoms with Gasteiger partial charge < -0.3 is 15.5 Å². The van der Waals surface area contributed by atoms with Crippen molar-refractivity contribution in [2.24, 2.45) is 11.8 Å². The smallest absolute Gasteiger partial charge is 0.307 e. The zero-order valence-corrected chi connectivity index (χ0v) is 10.8. The number of amides is 1. The van der Waals surface area contributed by atoms with Gasteiger partial charge in [-0.05, 0) is 26.2 Å². The van der Waals surface area contributed by atoms with E-state index in [1.807, 2.05) is 13.0 Å². The number of rotatable bonds is 5. The minimum absolute atomic E-state index is 0.148. The zero-order valence-electron chi connectivity index (χ0n) is 10.8. The Morgan fingerprint density at radius 3 is 2.39 bits per heavy atom. The van der Waals surface area contributed by atoms with E-state index in [9.17, 15) is 14.7 Å². The first-order valence-corrected chi connectivity index (χ1v) is 6.25. The van der Waals surface area contributed by atoms with Gasteiger partial charge in [-0.1, -0.05) is 19.1 Å². The molecule has 3 unspecified atom stereocenters. The maximum atomic E-state index is 12.0. The molecular formula is C13H21NO4. The highest BCUT2D eigenvalue weighted by atomic mass is 16.4.